The quantitative estimate of drug-likeness (QED) is 0.553. The van der Waals surface area contributed by atoms with E-state index in [0.717, 1.165) is 36.5 Å². The van der Waals surface area contributed by atoms with Gasteiger partial charge in [0.2, 0.25) is 0 Å². The number of hydrogen-bond acceptors (Lipinski definition) is 3. The van der Waals surface area contributed by atoms with E-state index >= 15 is 0 Å². The highest BCUT2D eigenvalue weighted by Gasteiger charge is 2.35. The Morgan fingerprint density at radius 2 is 1.83 bits per heavy atom. The van der Waals surface area contributed by atoms with Crippen molar-refractivity contribution in [3.8, 4) is 0 Å². The third-order valence-electron chi connectivity index (χ3n) is 6.81. The van der Waals surface area contributed by atoms with Gasteiger partial charge in [0.25, 0.3) is 0 Å². The van der Waals surface area contributed by atoms with Crippen molar-refractivity contribution in [1.82, 2.24) is 0 Å². The molecule has 3 fully saturated rings. The standard InChI is InChI=1S/C20H36O3/c1-14-11-17-8-3-4-9-18(17)12-16(14)7-5-6-10-20(21)23-19-13-22-15(19)2/h14-21H,3-13H2,1-2H3/t14?,15-,16?,17?,18?,19?,20?/m1/s1. The molecule has 0 aromatic heterocycles. The van der Waals surface area contributed by atoms with E-state index in [-0.39, 0.29) is 12.2 Å². The maximum Gasteiger partial charge on any atom is 0.155 e. The van der Waals surface area contributed by atoms with E-state index in [4.69, 9.17) is 9.47 Å². The monoisotopic (exact) mass is 324 g/mol. The number of aliphatic hydroxyl groups is 1. The van der Waals surface area contributed by atoms with Gasteiger partial charge in [-0.1, -0.05) is 45.4 Å². The fraction of sp³-hybridized carbons (Fsp3) is 1.00. The summed E-state index contributed by atoms with van der Waals surface area (Å²) in [5.74, 6) is 3.90. The Bertz CT molecular complexity index is 359. The summed E-state index contributed by atoms with van der Waals surface area (Å²) in [5, 5.41) is 9.97. The number of aliphatic hydroxyl groups excluding tert-OH is 1. The fourth-order valence-electron chi connectivity index (χ4n) is 5.11. The number of rotatable bonds is 7. The molecule has 3 nitrogen and oxygen atoms in total. The zero-order valence-electron chi connectivity index (χ0n) is 15.1. The lowest BCUT2D eigenvalue weighted by Crippen LogP contribution is -2.46. The van der Waals surface area contributed by atoms with E-state index in [0.29, 0.717) is 6.61 Å². The van der Waals surface area contributed by atoms with E-state index in [9.17, 15) is 5.11 Å². The van der Waals surface area contributed by atoms with Gasteiger partial charge in [0.1, 0.15) is 6.10 Å². The van der Waals surface area contributed by atoms with Crippen molar-refractivity contribution in [3.63, 3.8) is 0 Å². The first-order valence-corrected chi connectivity index (χ1v) is 10.1. The Kier molecular flexibility index (Phi) is 6.39. The van der Waals surface area contributed by atoms with Gasteiger partial charge in [0.05, 0.1) is 12.7 Å². The number of unbranched alkanes of at least 4 members (excludes halogenated alkanes) is 1. The van der Waals surface area contributed by atoms with Crippen LogP contribution in [0, 0.1) is 23.7 Å². The van der Waals surface area contributed by atoms with Gasteiger partial charge >= 0.3 is 0 Å². The minimum absolute atomic E-state index is 0.103. The molecule has 3 rings (SSSR count). The average molecular weight is 325 g/mol. The molecular formula is C20H36O3. The summed E-state index contributed by atoms with van der Waals surface area (Å²) in [5.41, 5.74) is 0. The number of ether oxygens (including phenoxy) is 2. The van der Waals surface area contributed by atoms with E-state index in [2.05, 4.69) is 6.92 Å². The van der Waals surface area contributed by atoms with Crippen LogP contribution in [0.2, 0.25) is 0 Å². The van der Waals surface area contributed by atoms with Gasteiger partial charge in [-0.05, 0) is 56.3 Å². The molecule has 1 N–H and O–H groups in total. The molecule has 1 heterocycles. The first-order chi connectivity index (χ1) is 11.1. The minimum atomic E-state index is -0.599. The molecule has 1 saturated heterocycles. The average Bonchev–Trinajstić information content (AvgIpc) is 2.55. The van der Waals surface area contributed by atoms with E-state index in [1.54, 1.807) is 0 Å². The second-order valence-corrected chi connectivity index (χ2v) is 8.47. The molecule has 3 heteroatoms. The molecule has 6 unspecified atom stereocenters. The molecule has 23 heavy (non-hydrogen) atoms. The highest BCUT2D eigenvalue weighted by atomic mass is 16.7. The Morgan fingerprint density at radius 3 is 2.48 bits per heavy atom. The molecule has 0 spiro atoms. The molecule has 1 aliphatic heterocycles. The highest BCUT2D eigenvalue weighted by Crippen LogP contribution is 2.46. The maximum atomic E-state index is 9.97. The molecule has 0 radical (unpaired) electrons. The summed E-state index contributed by atoms with van der Waals surface area (Å²) in [6, 6.07) is 0. The number of fused-ring (bicyclic) bond motifs is 1. The molecule has 0 aromatic rings. The molecular weight excluding hydrogens is 288 g/mol. The van der Waals surface area contributed by atoms with E-state index in [1.807, 2.05) is 6.92 Å². The van der Waals surface area contributed by atoms with Crippen molar-refractivity contribution < 1.29 is 14.6 Å². The molecule has 0 aromatic carbocycles. The summed E-state index contributed by atoms with van der Waals surface area (Å²) in [6.07, 6.45) is 13.0. The van der Waals surface area contributed by atoms with Crippen LogP contribution in [0.5, 0.6) is 0 Å². The Hall–Kier alpha value is -0.120. The van der Waals surface area contributed by atoms with Crippen LogP contribution in [0.3, 0.4) is 0 Å². The van der Waals surface area contributed by atoms with Crippen LogP contribution in [0.25, 0.3) is 0 Å². The Balaban J connectivity index is 1.30. The molecule has 0 amide bonds. The summed E-state index contributed by atoms with van der Waals surface area (Å²) < 4.78 is 10.9. The third-order valence-corrected chi connectivity index (χ3v) is 6.81. The predicted octanol–water partition coefficient (Wildman–Crippen LogP) is 4.52. The van der Waals surface area contributed by atoms with Crippen LogP contribution in [-0.4, -0.2) is 30.2 Å². The summed E-state index contributed by atoms with van der Waals surface area (Å²) in [4.78, 5) is 0. The van der Waals surface area contributed by atoms with E-state index in [1.165, 1.54) is 51.4 Å². The zero-order chi connectivity index (χ0) is 16.2. The van der Waals surface area contributed by atoms with Crippen molar-refractivity contribution in [2.45, 2.75) is 96.6 Å². The SMILES string of the molecule is CC1CC2CCCCC2CC1CCCCC(O)OC1CO[C@@H]1C. The largest absolute Gasteiger partial charge is 0.373 e. The first-order valence-electron chi connectivity index (χ1n) is 10.1. The molecule has 3 aliphatic rings. The Labute approximate surface area is 142 Å². The first kappa shape index (κ1) is 17.7. The third kappa shape index (κ3) is 4.70. The lowest BCUT2D eigenvalue weighted by Gasteiger charge is -2.43. The van der Waals surface area contributed by atoms with Crippen molar-refractivity contribution in [2.75, 3.05) is 6.61 Å². The second kappa shape index (κ2) is 8.31. The zero-order valence-corrected chi connectivity index (χ0v) is 15.1. The van der Waals surface area contributed by atoms with Crippen LogP contribution in [0.15, 0.2) is 0 Å². The van der Waals surface area contributed by atoms with Gasteiger partial charge in [0.15, 0.2) is 6.29 Å². The van der Waals surface area contributed by atoms with E-state index < -0.39 is 6.29 Å². The number of hydrogen-bond donors (Lipinski definition) is 1. The summed E-state index contributed by atoms with van der Waals surface area (Å²) >= 11 is 0. The van der Waals surface area contributed by atoms with Crippen LogP contribution < -0.4 is 0 Å². The van der Waals surface area contributed by atoms with Crippen molar-refractivity contribution >= 4 is 0 Å². The molecule has 134 valence electrons. The minimum Gasteiger partial charge on any atom is -0.373 e. The van der Waals surface area contributed by atoms with Gasteiger partial charge in [0, 0.05) is 0 Å². The van der Waals surface area contributed by atoms with Gasteiger partial charge in [-0.25, -0.2) is 0 Å². The predicted molar refractivity (Wildman–Crippen MR) is 92.1 cm³/mol. The fourth-order valence-corrected chi connectivity index (χ4v) is 5.11. The van der Waals surface area contributed by atoms with Crippen LogP contribution in [-0.2, 0) is 9.47 Å². The van der Waals surface area contributed by atoms with Gasteiger partial charge < -0.3 is 14.6 Å². The molecule has 7 atom stereocenters. The molecule has 0 bridgehead atoms. The van der Waals surface area contributed by atoms with Crippen molar-refractivity contribution in [1.29, 1.82) is 0 Å². The highest BCUT2D eigenvalue weighted by molar-refractivity contribution is 4.86. The topological polar surface area (TPSA) is 38.7 Å². The molecule has 2 saturated carbocycles. The smallest absolute Gasteiger partial charge is 0.155 e. The van der Waals surface area contributed by atoms with Crippen LogP contribution in [0.4, 0.5) is 0 Å². The van der Waals surface area contributed by atoms with Crippen molar-refractivity contribution in [3.05, 3.63) is 0 Å². The molecule has 2 aliphatic carbocycles. The summed E-state index contributed by atoms with van der Waals surface area (Å²) in [7, 11) is 0. The lowest BCUT2D eigenvalue weighted by atomic mass is 9.63. The van der Waals surface area contributed by atoms with Gasteiger partial charge in [-0.3, -0.25) is 0 Å². The normalized spacial score (nSPS) is 41.9. The summed E-state index contributed by atoms with van der Waals surface area (Å²) in [6.45, 7) is 5.12. The maximum absolute atomic E-state index is 9.97. The van der Waals surface area contributed by atoms with Gasteiger partial charge in [-0.2, -0.15) is 0 Å². The van der Waals surface area contributed by atoms with Crippen molar-refractivity contribution in [2.24, 2.45) is 23.7 Å². The second-order valence-electron chi connectivity index (χ2n) is 8.47. The lowest BCUT2D eigenvalue weighted by molar-refractivity contribution is -0.242. The Morgan fingerprint density at radius 1 is 1.09 bits per heavy atom. The van der Waals surface area contributed by atoms with Crippen LogP contribution in [0.1, 0.15) is 78.1 Å². The van der Waals surface area contributed by atoms with Crippen LogP contribution >= 0.6 is 0 Å². The van der Waals surface area contributed by atoms with Gasteiger partial charge in [-0.15, -0.1) is 0 Å².